The first kappa shape index (κ1) is 14.0. The number of piperidine rings is 1. The first-order chi connectivity index (χ1) is 8.64. The number of halogens is 2. The van der Waals surface area contributed by atoms with Crippen LogP contribution in [0.2, 0.25) is 0 Å². The summed E-state index contributed by atoms with van der Waals surface area (Å²) < 4.78 is 5.33. The van der Waals surface area contributed by atoms with Crippen molar-refractivity contribution in [2.24, 2.45) is 0 Å². The average Bonchev–Trinajstić information content (AvgIpc) is 2.40. The van der Waals surface area contributed by atoms with Crippen LogP contribution in [-0.4, -0.2) is 22.8 Å². The van der Waals surface area contributed by atoms with E-state index in [2.05, 4.69) is 37.2 Å². The van der Waals surface area contributed by atoms with Crippen molar-refractivity contribution in [1.29, 1.82) is 0 Å². The second-order valence-electron chi connectivity index (χ2n) is 4.45. The molecule has 0 atom stereocenters. The van der Waals surface area contributed by atoms with Crippen LogP contribution in [0.3, 0.4) is 0 Å². The Morgan fingerprint density at radius 3 is 2.39 bits per heavy atom. The predicted octanol–water partition coefficient (Wildman–Crippen LogP) is 1.90. The Labute approximate surface area is 124 Å². The molecule has 0 aliphatic carbocycles. The van der Waals surface area contributed by atoms with Crippen LogP contribution in [0.4, 0.5) is 0 Å². The minimum atomic E-state index is -0.465. The molecule has 1 heterocycles. The maximum absolute atomic E-state index is 11.9. The van der Waals surface area contributed by atoms with Gasteiger partial charge in [-0.05, 0) is 5.56 Å². The summed E-state index contributed by atoms with van der Waals surface area (Å²) in [6, 6.07) is 10.0. The first-order valence-corrected chi connectivity index (χ1v) is 7.85. The Hall–Kier alpha value is -0.390. The van der Waals surface area contributed by atoms with Crippen LogP contribution in [0.15, 0.2) is 30.3 Å². The van der Waals surface area contributed by atoms with E-state index < -0.39 is 9.34 Å². The number of carbonyl (C=O) groups is 1. The first-order valence-electron chi connectivity index (χ1n) is 6.02. The molecule has 1 fully saturated rings. The molecule has 2 N–H and O–H groups in total. The van der Waals surface area contributed by atoms with Gasteiger partial charge in [0.1, 0.15) is 5.60 Å². The van der Waals surface area contributed by atoms with Gasteiger partial charge in [-0.1, -0.05) is 62.2 Å². The van der Waals surface area contributed by atoms with Crippen molar-refractivity contribution in [2.75, 3.05) is 13.1 Å². The molecule has 0 saturated carbocycles. The van der Waals surface area contributed by atoms with Crippen molar-refractivity contribution in [3.63, 3.8) is 0 Å². The molecule has 0 aromatic heterocycles. The van der Waals surface area contributed by atoms with E-state index in [1.54, 1.807) is 0 Å². The number of benzene rings is 1. The second kappa shape index (κ2) is 6.17. The fourth-order valence-corrected chi connectivity index (χ4v) is 2.56. The number of quaternary nitrogens is 1. The molecule has 0 unspecified atom stereocenters. The van der Waals surface area contributed by atoms with Gasteiger partial charge in [0, 0.05) is 12.8 Å². The van der Waals surface area contributed by atoms with Gasteiger partial charge >= 0.3 is 5.97 Å². The van der Waals surface area contributed by atoms with E-state index in [0.29, 0.717) is 0 Å². The van der Waals surface area contributed by atoms with Crippen molar-refractivity contribution >= 4 is 37.8 Å². The molecular weight excluding hydrogens is 362 g/mol. The van der Waals surface area contributed by atoms with E-state index in [1.807, 2.05) is 30.3 Å². The molecule has 1 saturated heterocycles. The fourth-order valence-electron chi connectivity index (χ4n) is 2.37. The third-order valence-corrected chi connectivity index (χ3v) is 4.03. The molecule has 0 bridgehead atoms. The zero-order valence-corrected chi connectivity index (χ0v) is 13.1. The van der Waals surface area contributed by atoms with Crippen LogP contribution in [0.5, 0.6) is 0 Å². The van der Waals surface area contributed by atoms with Crippen molar-refractivity contribution in [1.82, 2.24) is 0 Å². The Morgan fingerprint density at radius 1 is 1.22 bits per heavy atom. The summed E-state index contributed by atoms with van der Waals surface area (Å²) in [5, 5.41) is 2.26. The number of ether oxygens (including phenoxy) is 1. The van der Waals surface area contributed by atoms with E-state index in [-0.39, 0.29) is 5.97 Å². The fraction of sp³-hybridized carbons (Fsp3) is 0.462. The third-order valence-electron chi connectivity index (χ3n) is 3.28. The number of hydrogen-bond donors (Lipinski definition) is 1. The number of esters is 1. The highest BCUT2D eigenvalue weighted by atomic mass is 79.9. The van der Waals surface area contributed by atoms with Crippen LogP contribution < -0.4 is 5.32 Å². The number of carbonyl (C=O) groups excluding carboxylic acids is 1. The highest BCUT2D eigenvalue weighted by molar-refractivity contribution is 9.25. The smallest absolute Gasteiger partial charge is 0.331 e. The van der Waals surface area contributed by atoms with Gasteiger partial charge in [0.2, 0.25) is 0 Å². The van der Waals surface area contributed by atoms with E-state index in [1.165, 1.54) is 0 Å². The molecule has 1 aliphatic heterocycles. The number of nitrogens with two attached hydrogens (primary N) is 1. The van der Waals surface area contributed by atoms with Crippen LogP contribution >= 0.6 is 31.9 Å². The van der Waals surface area contributed by atoms with E-state index in [9.17, 15) is 4.79 Å². The van der Waals surface area contributed by atoms with Crippen LogP contribution in [0, 0.1) is 0 Å². The van der Waals surface area contributed by atoms with Gasteiger partial charge in [-0.25, -0.2) is 4.79 Å². The quantitative estimate of drug-likeness (QED) is 0.645. The van der Waals surface area contributed by atoms with Gasteiger partial charge in [-0.2, -0.15) is 0 Å². The maximum atomic E-state index is 11.9. The lowest BCUT2D eigenvalue weighted by atomic mass is 9.85. The van der Waals surface area contributed by atoms with Crippen LogP contribution in [-0.2, 0) is 15.1 Å². The van der Waals surface area contributed by atoms with Crippen molar-refractivity contribution in [2.45, 2.75) is 22.2 Å². The highest BCUT2D eigenvalue weighted by Crippen LogP contribution is 2.34. The van der Waals surface area contributed by atoms with Crippen molar-refractivity contribution < 1.29 is 14.8 Å². The molecular formula is C13H16Br2NO2+. The molecule has 1 aromatic rings. The number of hydrogen-bond acceptors (Lipinski definition) is 2. The van der Waals surface area contributed by atoms with Crippen LogP contribution in [0.25, 0.3) is 0 Å². The summed E-state index contributed by atoms with van der Waals surface area (Å²) in [7, 11) is 0. The largest absolute Gasteiger partial charge is 0.452 e. The molecule has 0 radical (unpaired) electrons. The van der Waals surface area contributed by atoms with Gasteiger partial charge < -0.3 is 10.1 Å². The summed E-state index contributed by atoms with van der Waals surface area (Å²) >= 11 is 6.40. The molecule has 98 valence electrons. The molecule has 1 aliphatic rings. The zero-order chi connectivity index (χ0) is 13.0. The lowest BCUT2D eigenvalue weighted by Gasteiger charge is -2.36. The van der Waals surface area contributed by atoms with Gasteiger partial charge in [-0.15, -0.1) is 0 Å². The van der Waals surface area contributed by atoms with Crippen LogP contribution in [0.1, 0.15) is 18.4 Å². The zero-order valence-electron chi connectivity index (χ0n) is 9.94. The normalized spacial score (nSPS) is 18.6. The highest BCUT2D eigenvalue weighted by Gasteiger charge is 2.40. The molecule has 5 heteroatoms. The summed E-state index contributed by atoms with van der Waals surface area (Å²) in [4.78, 5) is 11.9. The van der Waals surface area contributed by atoms with E-state index in [0.717, 1.165) is 31.5 Å². The summed E-state index contributed by atoms with van der Waals surface area (Å²) in [5.74, 6) is -0.263. The lowest BCUT2D eigenvalue weighted by molar-refractivity contribution is -0.668. The van der Waals surface area contributed by atoms with Gasteiger partial charge in [0.15, 0.2) is 3.74 Å². The molecule has 2 rings (SSSR count). The number of rotatable bonds is 3. The molecule has 0 spiro atoms. The lowest BCUT2D eigenvalue weighted by Crippen LogP contribution is -2.87. The standard InChI is InChI=1S/C13H15Br2NO2/c14-11(15)12(17)18-13(6-8-16-9-7-13)10-4-2-1-3-5-10/h1-5,11,16H,6-9H2/p+1. The molecule has 3 nitrogen and oxygen atoms in total. The van der Waals surface area contributed by atoms with Crippen molar-refractivity contribution in [3.8, 4) is 0 Å². The summed E-state index contributed by atoms with van der Waals surface area (Å²) in [6.07, 6.45) is 1.71. The average molecular weight is 378 g/mol. The minimum absolute atomic E-state index is 0.263. The maximum Gasteiger partial charge on any atom is 0.331 e. The van der Waals surface area contributed by atoms with Gasteiger partial charge in [0.25, 0.3) is 0 Å². The van der Waals surface area contributed by atoms with Gasteiger partial charge in [-0.3, -0.25) is 0 Å². The molecule has 18 heavy (non-hydrogen) atoms. The Balaban J connectivity index is 2.26. The summed E-state index contributed by atoms with van der Waals surface area (Å²) in [5.41, 5.74) is 0.625. The van der Waals surface area contributed by atoms with E-state index >= 15 is 0 Å². The third kappa shape index (κ3) is 3.13. The monoisotopic (exact) mass is 376 g/mol. The van der Waals surface area contributed by atoms with E-state index in [4.69, 9.17) is 4.74 Å². The Bertz CT molecular complexity index is 403. The predicted molar refractivity (Wildman–Crippen MR) is 76.7 cm³/mol. The number of alkyl halides is 2. The SMILES string of the molecule is O=C(OC1(c2ccccc2)CC[NH2+]CC1)C(Br)Br. The topological polar surface area (TPSA) is 42.9 Å². The van der Waals surface area contributed by atoms with Gasteiger partial charge in [0.05, 0.1) is 13.1 Å². The second-order valence-corrected chi connectivity index (χ2v) is 7.51. The molecule has 0 amide bonds. The Kier molecular flexibility index (Phi) is 4.81. The minimum Gasteiger partial charge on any atom is -0.452 e. The summed E-state index contributed by atoms with van der Waals surface area (Å²) in [6.45, 7) is 1.97. The molecule has 1 aromatic carbocycles. The van der Waals surface area contributed by atoms with Crippen molar-refractivity contribution in [3.05, 3.63) is 35.9 Å². The Morgan fingerprint density at radius 2 is 1.83 bits per heavy atom.